The highest BCUT2D eigenvalue weighted by Crippen LogP contribution is 2.41. The maximum absolute atomic E-state index is 6.43. The largest absolute Gasteiger partial charge is 0.456 e. The van der Waals surface area contributed by atoms with E-state index >= 15 is 0 Å². The smallest absolute Gasteiger partial charge is 0.164 e. The van der Waals surface area contributed by atoms with Gasteiger partial charge in [0.2, 0.25) is 0 Å². The van der Waals surface area contributed by atoms with Gasteiger partial charge in [-0.2, -0.15) is 0 Å². The van der Waals surface area contributed by atoms with Gasteiger partial charge in [0.05, 0.1) is 0 Å². The van der Waals surface area contributed by atoms with Gasteiger partial charge in [-0.25, -0.2) is 15.0 Å². The van der Waals surface area contributed by atoms with Crippen molar-refractivity contribution < 1.29 is 4.42 Å². The minimum Gasteiger partial charge on any atom is -0.456 e. The van der Waals surface area contributed by atoms with Crippen LogP contribution in [-0.4, -0.2) is 15.0 Å². The van der Waals surface area contributed by atoms with Crippen LogP contribution in [0.3, 0.4) is 0 Å². The summed E-state index contributed by atoms with van der Waals surface area (Å²) in [4.78, 5) is 15.6. The summed E-state index contributed by atoms with van der Waals surface area (Å²) in [6.07, 6.45) is 0. The van der Waals surface area contributed by atoms with E-state index in [-0.39, 0.29) is 0 Å². The summed E-state index contributed by atoms with van der Waals surface area (Å²) in [6, 6.07) is 48.6. The summed E-state index contributed by atoms with van der Waals surface area (Å²) >= 11 is 1.79. The topological polar surface area (TPSA) is 51.8 Å². The van der Waals surface area contributed by atoms with Crippen molar-refractivity contribution in [1.82, 2.24) is 15.0 Å². The van der Waals surface area contributed by atoms with E-state index in [4.69, 9.17) is 19.4 Å². The van der Waals surface area contributed by atoms with Crippen LogP contribution in [-0.2, 0) is 0 Å². The van der Waals surface area contributed by atoms with Gasteiger partial charge in [-0.05, 0) is 57.9 Å². The van der Waals surface area contributed by atoms with Crippen molar-refractivity contribution in [3.05, 3.63) is 140 Å². The summed E-state index contributed by atoms with van der Waals surface area (Å²) in [5.41, 5.74) is 4.51. The zero-order valence-corrected chi connectivity index (χ0v) is 25.3. The van der Waals surface area contributed by atoms with Crippen molar-refractivity contribution in [2.75, 3.05) is 0 Å². The molecule has 0 saturated heterocycles. The molecule has 0 fully saturated rings. The third-order valence-electron chi connectivity index (χ3n) is 8.89. The Bertz CT molecular complexity index is 2830. The summed E-state index contributed by atoms with van der Waals surface area (Å²) < 4.78 is 8.88. The van der Waals surface area contributed by atoms with Gasteiger partial charge in [-0.1, -0.05) is 103 Å². The molecule has 0 aliphatic rings. The van der Waals surface area contributed by atoms with Crippen LogP contribution in [0.1, 0.15) is 0 Å². The number of nitrogens with zero attached hydrogens (tertiary/aromatic N) is 3. The standard InChI is InChI=1S/C41H23N3OS/c1-2-10-25-21-28(20-19-24(25)9-1)39-42-40(44-41(43-39)31-15-8-18-36-38(31)29-13-5-6-17-35(29)46-36)30-14-7-16-33-37(30)32-22-26-11-3-4-12-27(26)23-34(32)45-33/h1-23H. The molecule has 10 rings (SSSR count). The molecule has 0 saturated carbocycles. The van der Waals surface area contributed by atoms with Crippen LogP contribution in [0, 0.1) is 0 Å². The van der Waals surface area contributed by atoms with Gasteiger partial charge < -0.3 is 4.42 Å². The molecular formula is C41H23N3OS. The van der Waals surface area contributed by atoms with Gasteiger partial charge in [0.1, 0.15) is 11.2 Å². The Labute approximate surface area is 267 Å². The average molecular weight is 606 g/mol. The fourth-order valence-electron chi connectivity index (χ4n) is 6.73. The van der Waals surface area contributed by atoms with Crippen LogP contribution in [0.25, 0.3) is 97.8 Å². The average Bonchev–Trinajstić information content (AvgIpc) is 3.68. The molecule has 3 heterocycles. The molecule has 10 aromatic rings. The highest BCUT2D eigenvalue weighted by molar-refractivity contribution is 7.25. The molecule has 5 heteroatoms. The quantitative estimate of drug-likeness (QED) is 0.201. The Hall–Kier alpha value is -5.91. The minimum absolute atomic E-state index is 0.617. The van der Waals surface area contributed by atoms with Crippen molar-refractivity contribution in [3.63, 3.8) is 0 Å². The fraction of sp³-hybridized carbons (Fsp3) is 0. The highest BCUT2D eigenvalue weighted by atomic mass is 32.1. The summed E-state index contributed by atoms with van der Waals surface area (Å²) in [6.45, 7) is 0. The number of hydrogen-bond acceptors (Lipinski definition) is 5. The first-order chi connectivity index (χ1) is 22.8. The van der Waals surface area contributed by atoms with Gasteiger partial charge in [-0.3, -0.25) is 0 Å². The van der Waals surface area contributed by atoms with Crippen LogP contribution in [0.2, 0.25) is 0 Å². The molecule has 0 radical (unpaired) electrons. The normalized spacial score (nSPS) is 11.9. The van der Waals surface area contributed by atoms with E-state index in [0.717, 1.165) is 54.8 Å². The van der Waals surface area contributed by atoms with Crippen LogP contribution in [0.4, 0.5) is 0 Å². The lowest BCUT2D eigenvalue weighted by molar-refractivity contribution is 0.669. The third kappa shape index (κ3) is 3.89. The van der Waals surface area contributed by atoms with E-state index in [1.165, 1.54) is 25.6 Å². The molecule has 214 valence electrons. The fourth-order valence-corrected chi connectivity index (χ4v) is 7.87. The molecule has 4 nitrogen and oxygen atoms in total. The summed E-state index contributed by atoms with van der Waals surface area (Å²) in [5, 5.41) is 9.06. The van der Waals surface area contributed by atoms with E-state index in [1.807, 2.05) is 12.1 Å². The maximum Gasteiger partial charge on any atom is 0.164 e. The predicted octanol–water partition coefficient (Wildman–Crippen LogP) is 11.4. The Morgan fingerprint density at radius 1 is 0.413 bits per heavy atom. The van der Waals surface area contributed by atoms with Crippen molar-refractivity contribution in [2.45, 2.75) is 0 Å². The Kier molecular flexibility index (Phi) is 5.41. The molecule has 0 aliphatic heterocycles. The van der Waals surface area contributed by atoms with Crippen LogP contribution < -0.4 is 0 Å². The number of hydrogen-bond donors (Lipinski definition) is 0. The second kappa shape index (κ2) is 9.80. The molecule has 0 N–H and O–H groups in total. The minimum atomic E-state index is 0.617. The van der Waals surface area contributed by atoms with Crippen LogP contribution >= 0.6 is 11.3 Å². The third-order valence-corrected chi connectivity index (χ3v) is 10.0. The molecule has 7 aromatic carbocycles. The van der Waals surface area contributed by atoms with E-state index in [0.29, 0.717) is 17.5 Å². The molecule has 0 spiro atoms. The molecule has 0 unspecified atom stereocenters. The monoisotopic (exact) mass is 605 g/mol. The van der Waals surface area contributed by atoms with Gasteiger partial charge in [-0.15, -0.1) is 11.3 Å². The number of rotatable bonds is 3. The molecule has 0 amide bonds. The Morgan fingerprint density at radius 2 is 1.04 bits per heavy atom. The maximum atomic E-state index is 6.43. The van der Waals surface area contributed by atoms with Crippen molar-refractivity contribution >= 4 is 75.0 Å². The van der Waals surface area contributed by atoms with Gasteiger partial charge in [0.25, 0.3) is 0 Å². The first-order valence-corrected chi connectivity index (χ1v) is 16.1. The Morgan fingerprint density at radius 3 is 1.87 bits per heavy atom. The van der Waals surface area contributed by atoms with Gasteiger partial charge >= 0.3 is 0 Å². The number of furan rings is 1. The van der Waals surface area contributed by atoms with Gasteiger partial charge in [0, 0.05) is 47.6 Å². The van der Waals surface area contributed by atoms with E-state index in [9.17, 15) is 0 Å². The van der Waals surface area contributed by atoms with Crippen molar-refractivity contribution in [2.24, 2.45) is 0 Å². The zero-order chi connectivity index (χ0) is 30.2. The van der Waals surface area contributed by atoms with E-state index < -0.39 is 0 Å². The number of benzene rings is 7. The van der Waals surface area contributed by atoms with E-state index in [1.54, 1.807) is 11.3 Å². The second-order valence-electron chi connectivity index (χ2n) is 11.6. The molecule has 3 aromatic heterocycles. The molecule has 0 bridgehead atoms. The summed E-state index contributed by atoms with van der Waals surface area (Å²) in [7, 11) is 0. The molecule has 0 aliphatic carbocycles. The molecule has 46 heavy (non-hydrogen) atoms. The van der Waals surface area contributed by atoms with E-state index in [2.05, 4.69) is 127 Å². The van der Waals surface area contributed by atoms with Gasteiger partial charge in [0.15, 0.2) is 17.5 Å². The number of thiophene rings is 1. The lowest BCUT2D eigenvalue weighted by Crippen LogP contribution is -2.00. The zero-order valence-electron chi connectivity index (χ0n) is 24.4. The van der Waals surface area contributed by atoms with Crippen LogP contribution in [0.5, 0.6) is 0 Å². The predicted molar refractivity (Wildman–Crippen MR) is 191 cm³/mol. The number of fused-ring (bicyclic) bond motifs is 8. The van der Waals surface area contributed by atoms with Crippen molar-refractivity contribution in [3.8, 4) is 34.2 Å². The highest BCUT2D eigenvalue weighted by Gasteiger charge is 2.20. The SMILES string of the molecule is c1ccc2cc(-c3nc(-c4cccc5oc6cc7ccccc7cc6c45)nc(-c4cccc5sc6ccccc6c45)n3)ccc2c1. The first kappa shape index (κ1) is 25.4. The lowest BCUT2D eigenvalue weighted by atomic mass is 10.0. The van der Waals surface area contributed by atoms with Crippen LogP contribution in [0.15, 0.2) is 144 Å². The van der Waals surface area contributed by atoms with Crippen molar-refractivity contribution in [1.29, 1.82) is 0 Å². The first-order valence-electron chi connectivity index (χ1n) is 15.3. The summed E-state index contributed by atoms with van der Waals surface area (Å²) in [5.74, 6) is 1.90. The Balaban J connectivity index is 1.28. The number of aromatic nitrogens is 3. The molecular weight excluding hydrogens is 583 g/mol. The lowest BCUT2D eigenvalue weighted by Gasteiger charge is -2.11. The molecule has 0 atom stereocenters. The second-order valence-corrected chi connectivity index (χ2v) is 12.7.